The van der Waals surface area contributed by atoms with Gasteiger partial charge in [0.25, 0.3) is 0 Å². The van der Waals surface area contributed by atoms with Crippen molar-refractivity contribution in [1.29, 1.82) is 0 Å². The van der Waals surface area contributed by atoms with Gasteiger partial charge >= 0.3 is 0 Å². The molecule has 0 aliphatic heterocycles. The van der Waals surface area contributed by atoms with Gasteiger partial charge in [-0.1, -0.05) is 67.9 Å². The molecule has 4 aromatic carbocycles. The van der Waals surface area contributed by atoms with E-state index in [-0.39, 0.29) is 17.5 Å². The second kappa shape index (κ2) is 10.0. The molecule has 0 fully saturated rings. The summed E-state index contributed by atoms with van der Waals surface area (Å²) in [5, 5.41) is 1.45. The van der Waals surface area contributed by atoms with Crippen molar-refractivity contribution in [2.75, 3.05) is 0 Å². The molecule has 164 valence electrons. The Bertz CT molecular complexity index is 1210. The smallest absolute Gasteiger partial charge is 0.134 e. The molecule has 4 aromatic rings. The fourth-order valence-corrected chi connectivity index (χ4v) is 4.18. The van der Waals surface area contributed by atoms with Crippen molar-refractivity contribution in [2.45, 2.75) is 45.4 Å². The van der Waals surface area contributed by atoms with Crippen LogP contribution in [0.2, 0.25) is 0 Å². The summed E-state index contributed by atoms with van der Waals surface area (Å²) in [6, 6.07) is 21.4. The van der Waals surface area contributed by atoms with E-state index in [1.807, 2.05) is 42.5 Å². The van der Waals surface area contributed by atoms with Gasteiger partial charge in [0.1, 0.15) is 17.5 Å². The maximum atomic E-state index is 15.1. The van der Waals surface area contributed by atoms with E-state index in [9.17, 15) is 8.78 Å². The van der Waals surface area contributed by atoms with Crippen molar-refractivity contribution in [1.82, 2.24) is 0 Å². The first-order valence-electron chi connectivity index (χ1n) is 11.2. The topological polar surface area (TPSA) is 0 Å². The van der Waals surface area contributed by atoms with Gasteiger partial charge in [-0.15, -0.1) is 0 Å². The lowest BCUT2D eigenvalue weighted by Gasteiger charge is -2.10. The number of rotatable bonds is 8. The van der Waals surface area contributed by atoms with Crippen LogP contribution in [0, 0.1) is 17.5 Å². The van der Waals surface area contributed by atoms with E-state index in [0.717, 1.165) is 34.9 Å². The summed E-state index contributed by atoms with van der Waals surface area (Å²) >= 11 is 0. The minimum Gasteiger partial charge on any atom is -0.207 e. The minimum atomic E-state index is -0.266. The standard InChI is InChI=1S/C29H27F3/c1-2-3-21-5-10-23(28(31)19-21)11-6-22-9-17-27-25(18-22)14-13-24(29(27)32)12-4-20-7-15-26(30)16-8-20/h5,7-10,13-19H,2-4,6,11-12H2,1H3. The van der Waals surface area contributed by atoms with Crippen LogP contribution in [0.25, 0.3) is 10.8 Å². The van der Waals surface area contributed by atoms with Crippen LogP contribution in [0.4, 0.5) is 13.2 Å². The molecule has 4 rings (SSSR count). The van der Waals surface area contributed by atoms with Crippen molar-refractivity contribution in [2.24, 2.45) is 0 Å². The largest absolute Gasteiger partial charge is 0.207 e. The van der Waals surface area contributed by atoms with Crippen molar-refractivity contribution in [3.05, 3.63) is 118 Å². The molecule has 3 heteroatoms. The third-order valence-corrected chi connectivity index (χ3v) is 6.03. The quantitative estimate of drug-likeness (QED) is 0.267. The van der Waals surface area contributed by atoms with Gasteiger partial charge in [0.15, 0.2) is 0 Å². The van der Waals surface area contributed by atoms with Crippen LogP contribution >= 0.6 is 0 Å². The van der Waals surface area contributed by atoms with Gasteiger partial charge in [-0.3, -0.25) is 0 Å². The van der Waals surface area contributed by atoms with Crippen LogP contribution in [0.15, 0.2) is 72.8 Å². The molecule has 0 heterocycles. The molecule has 0 amide bonds. The number of aryl methyl sites for hydroxylation is 5. The van der Waals surface area contributed by atoms with Crippen LogP contribution in [0.5, 0.6) is 0 Å². The molecule has 0 unspecified atom stereocenters. The first-order valence-corrected chi connectivity index (χ1v) is 11.2. The minimum absolute atomic E-state index is 0.145. The van der Waals surface area contributed by atoms with Gasteiger partial charge in [0.2, 0.25) is 0 Å². The summed E-state index contributed by atoms with van der Waals surface area (Å²) in [4.78, 5) is 0. The van der Waals surface area contributed by atoms with Crippen molar-refractivity contribution < 1.29 is 13.2 Å². The summed E-state index contributed by atoms with van der Waals surface area (Å²) in [6.45, 7) is 2.09. The molecule has 0 aliphatic carbocycles. The summed E-state index contributed by atoms with van der Waals surface area (Å²) in [5.41, 5.74) is 4.45. The average Bonchev–Trinajstić information content (AvgIpc) is 2.79. The van der Waals surface area contributed by atoms with Crippen LogP contribution in [-0.2, 0) is 32.1 Å². The lowest BCUT2D eigenvalue weighted by molar-refractivity contribution is 0.606. The summed E-state index contributed by atoms with van der Waals surface area (Å²) < 4.78 is 42.5. The average molecular weight is 433 g/mol. The second-order valence-electron chi connectivity index (χ2n) is 8.40. The summed E-state index contributed by atoms with van der Waals surface area (Å²) in [6.07, 6.45) is 4.42. The molecular formula is C29H27F3. The number of benzene rings is 4. The molecule has 0 bridgehead atoms. The van der Waals surface area contributed by atoms with Crippen molar-refractivity contribution in [3.63, 3.8) is 0 Å². The highest BCUT2D eigenvalue weighted by Crippen LogP contribution is 2.25. The number of halogens is 3. The normalized spacial score (nSPS) is 11.2. The summed E-state index contributed by atoms with van der Waals surface area (Å²) in [7, 11) is 0. The number of hydrogen-bond donors (Lipinski definition) is 0. The highest BCUT2D eigenvalue weighted by Gasteiger charge is 2.10. The van der Waals surface area contributed by atoms with Crippen LogP contribution in [0.3, 0.4) is 0 Å². The summed E-state index contributed by atoms with van der Waals surface area (Å²) in [5.74, 6) is -0.611. The Hall–Kier alpha value is -3.07. The second-order valence-corrected chi connectivity index (χ2v) is 8.40. The van der Waals surface area contributed by atoms with Gasteiger partial charge in [0.05, 0.1) is 0 Å². The molecule has 0 N–H and O–H groups in total. The third kappa shape index (κ3) is 5.21. The highest BCUT2D eigenvalue weighted by molar-refractivity contribution is 5.84. The van der Waals surface area contributed by atoms with Crippen LogP contribution in [0.1, 0.15) is 41.2 Å². The van der Waals surface area contributed by atoms with Gasteiger partial charge in [-0.2, -0.15) is 0 Å². The Kier molecular flexibility index (Phi) is 6.94. The number of fused-ring (bicyclic) bond motifs is 1. The van der Waals surface area contributed by atoms with E-state index in [2.05, 4.69) is 6.92 Å². The Labute approximate surface area is 187 Å². The predicted molar refractivity (Wildman–Crippen MR) is 126 cm³/mol. The third-order valence-electron chi connectivity index (χ3n) is 6.03. The van der Waals surface area contributed by atoms with E-state index in [0.29, 0.717) is 42.2 Å². The maximum absolute atomic E-state index is 15.1. The Morgan fingerprint density at radius 1 is 0.562 bits per heavy atom. The zero-order valence-electron chi connectivity index (χ0n) is 18.3. The SMILES string of the molecule is CCCc1ccc(CCc2ccc3c(F)c(CCc4ccc(F)cc4)ccc3c2)c(F)c1. The lowest BCUT2D eigenvalue weighted by Crippen LogP contribution is -1.98. The molecule has 0 spiro atoms. The Morgan fingerprint density at radius 2 is 1.19 bits per heavy atom. The maximum Gasteiger partial charge on any atom is 0.134 e. The van der Waals surface area contributed by atoms with Crippen LogP contribution in [-0.4, -0.2) is 0 Å². The van der Waals surface area contributed by atoms with Crippen molar-refractivity contribution >= 4 is 10.8 Å². The van der Waals surface area contributed by atoms with E-state index in [1.54, 1.807) is 18.2 Å². The van der Waals surface area contributed by atoms with E-state index >= 15 is 4.39 Å². The first-order chi connectivity index (χ1) is 15.5. The van der Waals surface area contributed by atoms with E-state index in [4.69, 9.17) is 0 Å². The molecular weight excluding hydrogens is 405 g/mol. The molecule has 0 atom stereocenters. The Morgan fingerprint density at radius 3 is 1.94 bits per heavy atom. The molecule has 32 heavy (non-hydrogen) atoms. The van der Waals surface area contributed by atoms with E-state index < -0.39 is 0 Å². The van der Waals surface area contributed by atoms with Crippen molar-refractivity contribution in [3.8, 4) is 0 Å². The van der Waals surface area contributed by atoms with Gasteiger partial charge in [0, 0.05) is 5.39 Å². The molecule has 0 saturated heterocycles. The predicted octanol–water partition coefficient (Wildman–Crippen LogP) is 7.78. The van der Waals surface area contributed by atoms with E-state index in [1.165, 1.54) is 12.1 Å². The lowest BCUT2D eigenvalue weighted by atomic mass is 9.97. The highest BCUT2D eigenvalue weighted by atomic mass is 19.1. The fourth-order valence-electron chi connectivity index (χ4n) is 4.18. The molecule has 0 radical (unpaired) electrons. The molecule has 0 aliphatic rings. The van der Waals surface area contributed by atoms with Gasteiger partial charge in [-0.05, 0) is 83.5 Å². The Balaban J connectivity index is 1.45. The monoisotopic (exact) mass is 432 g/mol. The van der Waals surface area contributed by atoms with Gasteiger partial charge < -0.3 is 0 Å². The van der Waals surface area contributed by atoms with Crippen LogP contribution < -0.4 is 0 Å². The fraction of sp³-hybridized carbons (Fsp3) is 0.241. The zero-order valence-corrected chi connectivity index (χ0v) is 18.3. The van der Waals surface area contributed by atoms with Gasteiger partial charge in [-0.25, -0.2) is 13.2 Å². The molecule has 0 nitrogen and oxygen atoms in total. The number of hydrogen-bond acceptors (Lipinski definition) is 0. The zero-order chi connectivity index (χ0) is 22.5. The molecule has 0 aromatic heterocycles. The molecule has 0 saturated carbocycles. The first kappa shape index (κ1) is 22.1.